The third kappa shape index (κ3) is 4.84. The Labute approximate surface area is 235 Å². The van der Waals surface area contributed by atoms with E-state index in [0.29, 0.717) is 45.0 Å². The molecule has 5 rings (SSSR count). The molecule has 1 aromatic heterocycles. The number of fused-ring (bicyclic) bond motifs is 2. The van der Waals surface area contributed by atoms with Gasteiger partial charge in [0, 0.05) is 50.0 Å². The van der Waals surface area contributed by atoms with E-state index < -0.39 is 34.6 Å². The predicted octanol–water partition coefficient (Wildman–Crippen LogP) is 3.35. The predicted molar refractivity (Wildman–Crippen MR) is 143 cm³/mol. The molecule has 3 saturated heterocycles. The van der Waals surface area contributed by atoms with E-state index in [2.05, 4.69) is 34.0 Å². The Morgan fingerprint density at radius 3 is 2.53 bits per heavy atom. The maximum Gasteiger partial charge on any atom is 0.410 e. The smallest absolute Gasteiger partial charge is 0.410 e. The number of pyridine rings is 1. The second kappa shape index (κ2) is 9.38. The molecule has 0 saturated carbocycles. The number of amides is 2. The Bertz CT molecular complexity index is 1160. The molecule has 0 spiro atoms. The van der Waals surface area contributed by atoms with Crippen LogP contribution in [0.3, 0.4) is 0 Å². The number of alkyl halides is 1. The van der Waals surface area contributed by atoms with Crippen molar-refractivity contribution in [1.82, 2.24) is 19.7 Å². The van der Waals surface area contributed by atoms with Gasteiger partial charge in [-0.15, -0.1) is 0 Å². The van der Waals surface area contributed by atoms with Gasteiger partial charge in [0.05, 0.1) is 16.3 Å². The summed E-state index contributed by atoms with van der Waals surface area (Å²) in [7, 11) is 3.94. The van der Waals surface area contributed by atoms with Gasteiger partial charge < -0.3 is 24.2 Å². The van der Waals surface area contributed by atoms with Crippen LogP contribution < -0.4 is 9.64 Å². The summed E-state index contributed by atoms with van der Waals surface area (Å²) in [5, 5.41) is -0.367. The lowest BCUT2D eigenvalue weighted by molar-refractivity contribution is 0.000950. The average Bonchev–Trinajstić information content (AvgIpc) is 2.94. The number of halogens is 3. The lowest BCUT2D eigenvalue weighted by Crippen LogP contribution is -2.62. The first-order chi connectivity index (χ1) is 17.6. The van der Waals surface area contributed by atoms with Gasteiger partial charge in [-0.3, -0.25) is 9.69 Å². The Morgan fingerprint density at radius 2 is 1.89 bits per heavy atom. The van der Waals surface area contributed by atoms with Gasteiger partial charge >= 0.3 is 6.09 Å². The van der Waals surface area contributed by atoms with E-state index in [-0.39, 0.29) is 40.5 Å². The van der Waals surface area contributed by atoms with Gasteiger partial charge in [0.1, 0.15) is 34.8 Å². The van der Waals surface area contributed by atoms with Crippen LogP contribution in [0, 0.1) is 0 Å². The first-order valence-corrected chi connectivity index (χ1v) is 14.1. The number of hydrogen-bond donors (Lipinski definition) is 0. The number of anilines is 1. The molecule has 5 heterocycles. The summed E-state index contributed by atoms with van der Waals surface area (Å²) in [5.41, 5.74) is -0.814. The van der Waals surface area contributed by atoms with Crippen LogP contribution >= 0.6 is 23.2 Å². The van der Waals surface area contributed by atoms with Crippen LogP contribution in [0.2, 0.25) is 10.2 Å². The van der Waals surface area contributed by atoms with E-state index >= 15 is 0 Å². The minimum Gasteiger partial charge on any atom is -0.489 e. The van der Waals surface area contributed by atoms with Crippen molar-refractivity contribution in [2.75, 3.05) is 50.8 Å². The minimum absolute atomic E-state index is 0.0403. The molecule has 9 nitrogen and oxygen atoms in total. The zero-order valence-corrected chi connectivity index (χ0v) is 24.8. The van der Waals surface area contributed by atoms with Gasteiger partial charge in [-0.1, -0.05) is 23.2 Å². The number of ether oxygens (including phenoxy) is 2. The molecule has 0 aliphatic carbocycles. The molecule has 1 aromatic rings. The Hall–Kier alpha value is -1.82. The maximum atomic E-state index is 14.1. The fourth-order valence-corrected chi connectivity index (χ4v) is 6.93. The molecule has 38 heavy (non-hydrogen) atoms. The summed E-state index contributed by atoms with van der Waals surface area (Å²) >= 11 is 13.0. The average molecular weight is 586 g/mol. The first kappa shape index (κ1) is 27.7. The fourth-order valence-electron chi connectivity index (χ4n) is 5.80. The van der Waals surface area contributed by atoms with Crippen molar-refractivity contribution in [3.63, 3.8) is 0 Å². The van der Waals surface area contributed by atoms with Crippen LogP contribution in [0.1, 0.15) is 51.4 Å². The number of likely N-dealkylation sites (tertiary alicyclic amines) is 1. The van der Waals surface area contributed by atoms with Crippen LogP contribution in [-0.2, 0) is 4.74 Å². The molecule has 0 unspecified atom stereocenters. The molecule has 3 fully saturated rings. The van der Waals surface area contributed by atoms with E-state index in [9.17, 15) is 14.0 Å². The van der Waals surface area contributed by atoms with Gasteiger partial charge in [0.15, 0.2) is 10.9 Å². The number of hydrogen-bond acceptors (Lipinski definition) is 7. The van der Waals surface area contributed by atoms with Crippen LogP contribution in [0.5, 0.6) is 5.75 Å². The molecule has 4 aliphatic heterocycles. The van der Waals surface area contributed by atoms with Gasteiger partial charge in [0.2, 0.25) is 0 Å². The summed E-state index contributed by atoms with van der Waals surface area (Å²) < 4.78 is 25.4. The van der Waals surface area contributed by atoms with Crippen molar-refractivity contribution in [3.8, 4) is 5.75 Å². The molecule has 0 N–H and O–H groups in total. The third-order valence-electron chi connectivity index (χ3n) is 7.64. The van der Waals surface area contributed by atoms with Crippen molar-refractivity contribution in [2.24, 2.45) is 0 Å². The number of rotatable bonds is 2. The highest BCUT2D eigenvalue weighted by Crippen LogP contribution is 2.47. The van der Waals surface area contributed by atoms with Gasteiger partial charge in [-0.05, 0) is 41.0 Å². The lowest BCUT2D eigenvalue weighted by atomic mass is 9.96. The Kier molecular flexibility index (Phi) is 6.85. The standard InChI is InChI=1S/C25H33Cl2FN5O4Si/c1-23(2,3)37-22(35)30-6-7-32-15(10-30)11-36-18-16(21(32)34)20(29-19(27)17(18)26)33-13-25(38,12-24(33,4)5)31-8-14(28)9-31/h14-15H,6-13H2,1-5H3/t15-,25-/m1/s1. The topological polar surface area (TPSA) is 78.5 Å². The summed E-state index contributed by atoms with van der Waals surface area (Å²) in [4.78, 5) is 38.8. The second-order valence-electron chi connectivity index (χ2n) is 12.2. The van der Waals surface area contributed by atoms with Crippen molar-refractivity contribution >= 4 is 51.3 Å². The SMILES string of the molecule is CC(C)(C)OC(=O)N1CCN2C(=O)c3c(N4C[C@@]([Si])(N5CC(F)C5)CC4(C)C)nc(Cl)c(Cl)c3OC[C@H]2C1. The molecule has 2 atom stereocenters. The molecule has 0 aromatic carbocycles. The van der Waals surface area contributed by atoms with Crippen LogP contribution in [-0.4, -0.2) is 116 Å². The number of piperazine rings is 1. The lowest BCUT2D eigenvalue weighted by Gasteiger charge is -2.46. The van der Waals surface area contributed by atoms with E-state index in [0.717, 1.165) is 0 Å². The second-order valence-corrected chi connectivity index (χ2v) is 13.9. The highest BCUT2D eigenvalue weighted by molar-refractivity contribution is 6.42. The van der Waals surface area contributed by atoms with E-state index in [1.807, 2.05) is 25.7 Å². The fraction of sp³-hybridized carbons (Fsp3) is 0.720. The third-order valence-corrected chi connectivity index (χ3v) is 9.01. The molecule has 207 valence electrons. The normalized spacial score (nSPS) is 27.9. The zero-order chi connectivity index (χ0) is 27.8. The zero-order valence-electron chi connectivity index (χ0n) is 22.3. The quantitative estimate of drug-likeness (QED) is 0.389. The minimum atomic E-state index is -0.842. The number of carbonyl (C=O) groups is 2. The Morgan fingerprint density at radius 1 is 1.21 bits per heavy atom. The van der Waals surface area contributed by atoms with Crippen molar-refractivity contribution < 1.29 is 23.5 Å². The van der Waals surface area contributed by atoms with Gasteiger partial charge in [0.25, 0.3) is 5.91 Å². The van der Waals surface area contributed by atoms with Crippen molar-refractivity contribution in [1.29, 1.82) is 0 Å². The summed E-state index contributed by atoms with van der Waals surface area (Å²) in [6.07, 6.45) is -0.596. The maximum absolute atomic E-state index is 14.1. The number of aromatic nitrogens is 1. The molecule has 0 bridgehead atoms. The molecular weight excluding hydrogens is 552 g/mol. The van der Waals surface area contributed by atoms with E-state index in [4.69, 9.17) is 32.7 Å². The van der Waals surface area contributed by atoms with Crippen molar-refractivity contribution in [3.05, 3.63) is 15.7 Å². The monoisotopic (exact) mass is 584 g/mol. The van der Waals surface area contributed by atoms with Crippen molar-refractivity contribution in [2.45, 2.75) is 69.6 Å². The van der Waals surface area contributed by atoms with Gasteiger partial charge in [-0.2, -0.15) is 0 Å². The van der Waals surface area contributed by atoms with Crippen LogP contribution in [0.15, 0.2) is 0 Å². The molecular formula is C25H33Cl2FN5O4Si. The molecule has 3 radical (unpaired) electrons. The van der Waals surface area contributed by atoms with Crippen LogP contribution in [0.25, 0.3) is 0 Å². The first-order valence-electron chi connectivity index (χ1n) is 12.8. The van der Waals surface area contributed by atoms with Crippen LogP contribution in [0.4, 0.5) is 15.0 Å². The molecule has 13 heteroatoms. The highest BCUT2D eigenvalue weighted by atomic mass is 35.5. The molecule has 4 aliphatic rings. The number of carbonyl (C=O) groups excluding carboxylic acids is 2. The largest absolute Gasteiger partial charge is 0.489 e. The highest BCUT2D eigenvalue weighted by Gasteiger charge is 2.53. The summed E-state index contributed by atoms with van der Waals surface area (Å²) in [6.45, 7) is 11.8. The summed E-state index contributed by atoms with van der Waals surface area (Å²) in [6, 6.07) is -0.400. The number of nitrogens with zero attached hydrogens (tertiary/aromatic N) is 5. The molecule has 2 amide bonds. The van der Waals surface area contributed by atoms with E-state index in [1.165, 1.54) is 0 Å². The van der Waals surface area contributed by atoms with Gasteiger partial charge in [-0.25, -0.2) is 14.2 Å². The summed E-state index contributed by atoms with van der Waals surface area (Å²) in [5.74, 6) is 0.305. The Balaban J connectivity index is 1.47. The van der Waals surface area contributed by atoms with E-state index in [1.54, 1.807) is 9.80 Å².